The third kappa shape index (κ3) is 4.23. The zero-order valence-electron chi connectivity index (χ0n) is 18.0. The van der Waals surface area contributed by atoms with Gasteiger partial charge in [-0.15, -0.1) is 0 Å². The lowest BCUT2D eigenvalue weighted by molar-refractivity contribution is -0.116. The SMILES string of the molecule is CCOc1ccc(OCC)c(NS(=O)(=O)c2ccc3c(c2)C(C)(C)CN3C(C)=O)c1. The van der Waals surface area contributed by atoms with E-state index in [0.29, 0.717) is 36.9 Å². The molecule has 0 fully saturated rings. The van der Waals surface area contributed by atoms with Crippen LogP contribution >= 0.6 is 0 Å². The Bertz CT molecular complexity index is 1060. The maximum atomic E-state index is 13.2. The molecular weight excluding hydrogens is 404 g/mol. The van der Waals surface area contributed by atoms with Crippen LogP contribution in [0.15, 0.2) is 41.3 Å². The van der Waals surface area contributed by atoms with E-state index >= 15 is 0 Å². The van der Waals surface area contributed by atoms with Crippen molar-refractivity contribution in [2.75, 3.05) is 29.4 Å². The lowest BCUT2D eigenvalue weighted by Crippen LogP contribution is -2.31. The van der Waals surface area contributed by atoms with Crippen LogP contribution in [0.2, 0.25) is 0 Å². The second-order valence-corrected chi connectivity index (χ2v) is 9.48. The van der Waals surface area contributed by atoms with Crippen LogP contribution in [0.4, 0.5) is 11.4 Å². The van der Waals surface area contributed by atoms with E-state index < -0.39 is 10.0 Å². The predicted molar refractivity (Wildman–Crippen MR) is 117 cm³/mol. The van der Waals surface area contributed by atoms with Crippen LogP contribution in [0, 0.1) is 0 Å². The molecule has 2 aromatic rings. The topological polar surface area (TPSA) is 84.9 Å². The molecule has 162 valence electrons. The van der Waals surface area contributed by atoms with Crippen molar-refractivity contribution in [2.45, 2.75) is 44.9 Å². The van der Waals surface area contributed by atoms with E-state index in [1.165, 1.54) is 13.0 Å². The summed E-state index contributed by atoms with van der Waals surface area (Å²) in [7, 11) is -3.88. The number of hydrogen-bond acceptors (Lipinski definition) is 5. The molecule has 0 aliphatic carbocycles. The van der Waals surface area contributed by atoms with Gasteiger partial charge in [0, 0.05) is 30.6 Å². The van der Waals surface area contributed by atoms with E-state index in [9.17, 15) is 13.2 Å². The monoisotopic (exact) mass is 432 g/mol. The number of anilines is 2. The van der Waals surface area contributed by atoms with Crippen molar-refractivity contribution in [2.24, 2.45) is 0 Å². The number of hydrogen-bond donors (Lipinski definition) is 1. The highest BCUT2D eigenvalue weighted by atomic mass is 32.2. The van der Waals surface area contributed by atoms with Crippen molar-refractivity contribution in [1.29, 1.82) is 0 Å². The van der Waals surface area contributed by atoms with E-state index in [4.69, 9.17) is 9.47 Å². The fraction of sp³-hybridized carbons (Fsp3) is 0.409. The predicted octanol–water partition coefficient (Wildman–Crippen LogP) is 3.93. The number of carbonyl (C=O) groups is 1. The van der Waals surface area contributed by atoms with Crippen LogP contribution < -0.4 is 19.1 Å². The average Bonchev–Trinajstić information content (AvgIpc) is 2.95. The van der Waals surface area contributed by atoms with Gasteiger partial charge >= 0.3 is 0 Å². The molecule has 1 heterocycles. The number of rotatable bonds is 7. The smallest absolute Gasteiger partial charge is 0.262 e. The number of amides is 1. The number of benzene rings is 2. The lowest BCUT2D eigenvalue weighted by Gasteiger charge is -2.19. The van der Waals surface area contributed by atoms with Crippen molar-refractivity contribution < 1.29 is 22.7 Å². The third-order valence-electron chi connectivity index (χ3n) is 5.04. The lowest BCUT2D eigenvalue weighted by atomic mass is 9.87. The second kappa shape index (κ2) is 8.18. The minimum atomic E-state index is -3.88. The maximum Gasteiger partial charge on any atom is 0.262 e. The molecule has 1 aliphatic heterocycles. The molecule has 1 N–H and O–H groups in total. The van der Waals surface area contributed by atoms with Gasteiger partial charge in [-0.3, -0.25) is 9.52 Å². The summed E-state index contributed by atoms with van der Waals surface area (Å²) in [5.41, 5.74) is 1.54. The van der Waals surface area contributed by atoms with Gasteiger partial charge in [-0.25, -0.2) is 8.42 Å². The quantitative estimate of drug-likeness (QED) is 0.717. The Hall–Kier alpha value is -2.74. The number of nitrogens with one attached hydrogen (secondary N) is 1. The molecule has 0 spiro atoms. The Morgan fingerprint density at radius 2 is 1.80 bits per heavy atom. The Balaban J connectivity index is 2.00. The third-order valence-corrected chi connectivity index (χ3v) is 6.40. The number of nitrogens with zero attached hydrogens (tertiary/aromatic N) is 1. The second-order valence-electron chi connectivity index (χ2n) is 7.80. The van der Waals surface area contributed by atoms with Crippen LogP contribution in [0.25, 0.3) is 0 Å². The Labute approximate surface area is 178 Å². The van der Waals surface area contributed by atoms with Crippen LogP contribution in [0.5, 0.6) is 11.5 Å². The molecular formula is C22H28N2O5S. The molecule has 0 unspecified atom stereocenters. The van der Waals surface area contributed by atoms with Gasteiger partial charge in [0.15, 0.2) is 0 Å². The summed E-state index contributed by atoms with van der Waals surface area (Å²) in [5.74, 6) is 0.907. The first-order chi connectivity index (χ1) is 14.1. The molecule has 0 bridgehead atoms. The van der Waals surface area contributed by atoms with Gasteiger partial charge in [0.1, 0.15) is 11.5 Å². The van der Waals surface area contributed by atoms with E-state index in [-0.39, 0.29) is 16.2 Å². The molecule has 2 aromatic carbocycles. The fourth-order valence-electron chi connectivity index (χ4n) is 3.64. The van der Waals surface area contributed by atoms with Crippen LogP contribution in [-0.4, -0.2) is 34.1 Å². The van der Waals surface area contributed by atoms with Crippen molar-refractivity contribution in [1.82, 2.24) is 0 Å². The first-order valence-electron chi connectivity index (χ1n) is 9.94. The molecule has 30 heavy (non-hydrogen) atoms. The standard InChI is InChI=1S/C22H28N2O5S/c1-6-28-16-8-11-21(29-7-2)19(12-16)23-30(26,27)17-9-10-20-18(13-17)22(4,5)14-24(20)15(3)25/h8-13,23H,6-7,14H2,1-5H3. The fourth-order valence-corrected chi connectivity index (χ4v) is 4.72. The Morgan fingerprint density at radius 1 is 1.10 bits per heavy atom. The van der Waals surface area contributed by atoms with E-state index in [0.717, 1.165) is 11.3 Å². The summed E-state index contributed by atoms with van der Waals surface area (Å²) in [4.78, 5) is 13.8. The molecule has 1 aliphatic rings. The Kier molecular flexibility index (Phi) is 5.99. The van der Waals surface area contributed by atoms with Crippen molar-refractivity contribution in [3.05, 3.63) is 42.0 Å². The summed E-state index contributed by atoms with van der Waals surface area (Å²) in [6, 6.07) is 9.89. The van der Waals surface area contributed by atoms with Crippen LogP contribution in [0.3, 0.4) is 0 Å². The molecule has 0 saturated carbocycles. The molecule has 0 atom stereocenters. The summed E-state index contributed by atoms with van der Waals surface area (Å²) < 4.78 is 40.0. The summed E-state index contributed by atoms with van der Waals surface area (Å²) >= 11 is 0. The molecule has 7 nitrogen and oxygen atoms in total. The summed E-state index contributed by atoms with van der Waals surface area (Å²) in [5, 5.41) is 0. The molecule has 8 heteroatoms. The van der Waals surface area contributed by atoms with Gasteiger partial charge in [0.25, 0.3) is 10.0 Å². The van der Waals surface area contributed by atoms with Gasteiger partial charge in [-0.2, -0.15) is 0 Å². The molecule has 1 amide bonds. The molecule has 0 aromatic heterocycles. The Morgan fingerprint density at radius 3 is 2.43 bits per heavy atom. The van der Waals surface area contributed by atoms with E-state index in [1.807, 2.05) is 27.7 Å². The molecule has 0 saturated heterocycles. The number of carbonyl (C=O) groups excluding carboxylic acids is 1. The zero-order valence-corrected chi connectivity index (χ0v) is 18.8. The number of sulfonamides is 1. The average molecular weight is 433 g/mol. The normalized spacial score (nSPS) is 14.9. The van der Waals surface area contributed by atoms with Gasteiger partial charge in [0.2, 0.25) is 5.91 Å². The van der Waals surface area contributed by atoms with Crippen molar-refractivity contribution in [3.63, 3.8) is 0 Å². The van der Waals surface area contributed by atoms with E-state index in [2.05, 4.69) is 4.72 Å². The zero-order chi connectivity index (χ0) is 22.1. The van der Waals surface area contributed by atoms with Crippen LogP contribution in [-0.2, 0) is 20.2 Å². The minimum Gasteiger partial charge on any atom is -0.494 e. The molecule has 3 rings (SSSR count). The van der Waals surface area contributed by atoms with Crippen molar-refractivity contribution in [3.8, 4) is 11.5 Å². The van der Waals surface area contributed by atoms with Crippen molar-refractivity contribution >= 4 is 27.3 Å². The van der Waals surface area contributed by atoms with Gasteiger partial charge in [0.05, 0.1) is 23.8 Å². The van der Waals surface area contributed by atoms with Gasteiger partial charge in [-0.05, 0) is 49.7 Å². The highest BCUT2D eigenvalue weighted by Crippen LogP contribution is 2.42. The summed E-state index contributed by atoms with van der Waals surface area (Å²) in [6.45, 7) is 10.6. The largest absolute Gasteiger partial charge is 0.494 e. The first-order valence-corrected chi connectivity index (χ1v) is 11.4. The minimum absolute atomic E-state index is 0.0651. The molecule has 0 radical (unpaired) electrons. The summed E-state index contributed by atoms with van der Waals surface area (Å²) in [6.07, 6.45) is 0. The van der Waals surface area contributed by atoms with Gasteiger partial charge < -0.3 is 14.4 Å². The van der Waals surface area contributed by atoms with Gasteiger partial charge in [-0.1, -0.05) is 13.8 Å². The number of fused-ring (bicyclic) bond motifs is 1. The maximum absolute atomic E-state index is 13.2. The van der Waals surface area contributed by atoms with Crippen LogP contribution in [0.1, 0.15) is 40.2 Å². The highest BCUT2D eigenvalue weighted by Gasteiger charge is 2.37. The van der Waals surface area contributed by atoms with E-state index in [1.54, 1.807) is 35.2 Å². The first kappa shape index (κ1) is 22.0. The highest BCUT2D eigenvalue weighted by molar-refractivity contribution is 7.92. The number of ether oxygens (including phenoxy) is 2.